The fourth-order valence-electron chi connectivity index (χ4n) is 2.30. The van der Waals surface area contributed by atoms with E-state index in [0.29, 0.717) is 7.14 Å². The first-order chi connectivity index (χ1) is 12.0. The number of rotatable bonds is 3. The van der Waals surface area contributed by atoms with Crippen molar-refractivity contribution in [3.05, 3.63) is 66.8 Å². The van der Waals surface area contributed by atoms with E-state index < -0.39 is 5.91 Å². The van der Waals surface area contributed by atoms with Crippen LogP contribution in [0.4, 0.5) is 0 Å². The molecule has 3 aromatic carbocycles. The number of phenols is 2. The molecule has 3 rings (SSSR count). The number of benzene rings is 3. The summed E-state index contributed by atoms with van der Waals surface area (Å²) in [4.78, 5) is 12.3. The van der Waals surface area contributed by atoms with E-state index in [1.807, 2.05) is 69.4 Å². The molecule has 1 amide bonds. The van der Waals surface area contributed by atoms with E-state index in [-0.39, 0.29) is 17.1 Å². The molecule has 7 heteroatoms. The van der Waals surface area contributed by atoms with Gasteiger partial charge in [-0.1, -0.05) is 24.3 Å². The Morgan fingerprint density at radius 3 is 2.24 bits per heavy atom. The van der Waals surface area contributed by atoms with Crippen molar-refractivity contribution in [2.75, 3.05) is 0 Å². The standard InChI is InChI=1S/C18H12I2N2O3/c19-14-5-10(6-15(20)17(14)24)9-21-22-18(25)13-7-11-3-1-2-4-12(11)8-16(13)23/h1-9,23-24H,(H,22,25). The number of aromatic hydroxyl groups is 2. The van der Waals surface area contributed by atoms with Gasteiger partial charge in [-0.15, -0.1) is 0 Å². The summed E-state index contributed by atoms with van der Waals surface area (Å²) in [5.41, 5.74) is 3.31. The van der Waals surface area contributed by atoms with Gasteiger partial charge >= 0.3 is 0 Å². The van der Waals surface area contributed by atoms with E-state index in [2.05, 4.69) is 10.5 Å². The van der Waals surface area contributed by atoms with E-state index in [9.17, 15) is 15.0 Å². The van der Waals surface area contributed by atoms with E-state index in [1.165, 1.54) is 6.21 Å². The zero-order valence-electron chi connectivity index (χ0n) is 12.7. The van der Waals surface area contributed by atoms with Crippen LogP contribution in [0.5, 0.6) is 11.5 Å². The van der Waals surface area contributed by atoms with Crippen molar-refractivity contribution >= 4 is 68.1 Å². The molecule has 0 atom stereocenters. The molecule has 0 heterocycles. The number of nitrogens with one attached hydrogen (secondary N) is 1. The molecule has 0 aliphatic rings. The second kappa shape index (κ2) is 7.56. The maximum atomic E-state index is 12.3. The minimum Gasteiger partial charge on any atom is -0.507 e. The maximum absolute atomic E-state index is 12.3. The van der Waals surface area contributed by atoms with Gasteiger partial charge in [0.2, 0.25) is 0 Å². The zero-order valence-corrected chi connectivity index (χ0v) is 17.0. The summed E-state index contributed by atoms with van der Waals surface area (Å²) in [5, 5.41) is 25.4. The molecule has 0 fully saturated rings. The Hall–Kier alpha value is -1.88. The first-order valence-corrected chi connectivity index (χ1v) is 9.34. The normalized spacial score (nSPS) is 11.1. The van der Waals surface area contributed by atoms with E-state index in [1.54, 1.807) is 24.3 Å². The summed E-state index contributed by atoms with van der Waals surface area (Å²) in [5.74, 6) is -0.369. The molecule has 5 nitrogen and oxygen atoms in total. The number of amides is 1. The van der Waals surface area contributed by atoms with Crippen molar-refractivity contribution in [2.24, 2.45) is 5.10 Å². The highest BCUT2D eigenvalue weighted by molar-refractivity contribution is 14.1. The van der Waals surface area contributed by atoms with Gasteiger partial charge < -0.3 is 10.2 Å². The number of hydrazone groups is 1. The molecule has 0 saturated carbocycles. The minimum atomic E-state index is -0.498. The van der Waals surface area contributed by atoms with Crippen LogP contribution >= 0.6 is 45.2 Å². The molecule has 0 aliphatic heterocycles. The zero-order chi connectivity index (χ0) is 18.0. The SMILES string of the molecule is O=C(NN=Cc1cc(I)c(O)c(I)c1)c1cc2ccccc2cc1O. The van der Waals surface area contributed by atoms with Crippen LogP contribution < -0.4 is 5.43 Å². The summed E-state index contributed by atoms with van der Waals surface area (Å²) in [6, 6.07) is 14.2. The molecule has 0 bridgehead atoms. The largest absolute Gasteiger partial charge is 0.507 e. The number of nitrogens with zero attached hydrogens (tertiary/aromatic N) is 1. The second-order valence-corrected chi connectivity index (χ2v) is 7.57. The number of halogens is 2. The summed E-state index contributed by atoms with van der Waals surface area (Å²) < 4.78 is 1.40. The number of fused-ring (bicyclic) bond motifs is 1. The van der Waals surface area contributed by atoms with Crippen LogP contribution in [-0.2, 0) is 0 Å². The lowest BCUT2D eigenvalue weighted by Crippen LogP contribution is -2.17. The summed E-state index contributed by atoms with van der Waals surface area (Å²) >= 11 is 4.05. The van der Waals surface area contributed by atoms with Gasteiger partial charge in [0.1, 0.15) is 11.5 Å². The van der Waals surface area contributed by atoms with Gasteiger partial charge in [0.05, 0.1) is 18.9 Å². The highest BCUT2D eigenvalue weighted by atomic mass is 127. The Balaban J connectivity index is 1.80. The molecular formula is C18H12I2N2O3. The van der Waals surface area contributed by atoms with Gasteiger partial charge in [-0.2, -0.15) is 5.10 Å². The third-order valence-corrected chi connectivity index (χ3v) is 5.17. The smallest absolute Gasteiger partial charge is 0.275 e. The molecule has 0 aromatic heterocycles. The molecule has 3 N–H and O–H groups in total. The second-order valence-electron chi connectivity index (χ2n) is 5.25. The van der Waals surface area contributed by atoms with Gasteiger partial charge in [0, 0.05) is 0 Å². The van der Waals surface area contributed by atoms with Crippen LogP contribution in [0.1, 0.15) is 15.9 Å². The first-order valence-electron chi connectivity index (χ1n) is 7.19. The fourth-order valence-corrected chi connectivity index (χ4v) is 4.11. The molecule has 0 aliphatic carbocycles. The average molecular weight is 558 g/mol. The van der Waals surface area contributed by atoms with Gasteiger partial charge in [0.15, 0.2) is 0 Å². The van der Waals surface area contributed by atoms with E-state index in [4.69, 9.17) is 0 Å². The van der Waals surface area contributed by atoms with Gasteiger partial charge in [-0.3, -0.25) is 4.79 Å². The van der Waals surface area contributed by atoms with Crippen molar-refractivity contribution in [3.63, 3.8) is 0 Å². The molecule has 0 spiro atoms. The molecular weight excluding hydrogens is 546 g/mol. The predicted octanol–water partition coefficient (Wildman–Crippen LogP) is 4.22. The molecule has 0 unspecified atom stereocenters. The van der Waals surface area contributed by atoms with Crippen LogP contribution in [0.25, 0.3) is 10.8 Å². The average Bonchev–Trinajstić information content (AvgIpc) is 2.58. The quantitative estimate of drug-likeness (QED) is 0.256. The summed E-state index contributed by atoms with van der Waals surface area (Å²) in [6.45, 7) is 0. The molecule has 126 valence electrons. The van der Waals surface area contributed by atoms with Crippen molar-refractivity contribution < 1.29 is 15.0 Å². The Kier molecular flexibility index (Phi) is 5.42. The Bertz CT molecular complexity index is 980. The lowest BCUT2D eigenvalue weighted by molar-refractivity contribution is 0.0952. The van der Waals surface area contributed by atoms with Crippen LogP contribution in [0, 0.1) is 7.14 Å². The number of hydrogen-bond donors (Lipinski definition) is 3. The van der Waals surface area contributed by atoms with Gasteiger partial charge in [-0.25, -0.2) is 5.43 Å². The Morgan fingerprint density at radius 1 is 1.00 bits per heavy atom. The summed E-state index contributed by atoms with van der Waals surface area (Å²) in [7, 11) is 0. The highest BCUT2D eigenvalue weighted by Crippen LogP contribution is 2.27. The number of carbonyl (C=O) groups excluding carboxylic acids is 1. The number of carbonyl (C=O) groups is 1. The van der Waals surface area contributed by atoms with Crippen molar-refractivity contribution in [3.8, 4) is 11.5 Å². The Labute approximate surface area is 171 Å². The van der Waals surface area contributed by atoms with Gasteiger partial charge in [0.25, 0.3) is 5.91 Å². The topological polar surface area (TPSA) is 81.9 Å². The van der Waals surface area contributed by atoms with Crippen LogP contribution in [-0.4, -0.2) is 22.3 Å². The number of phenolic OH excluding ortho intramolecular Hbond substituents is 2. The third kappa shape index (κ3) is 4.03. The van der Waals surface area contributed by atoms with Crippen LogP contribution in [0.2, 0.25) is 0 Å². The summed E-state index contributed by atoms with van der Waals surface area (Å²) in [6.07, 6.45) is 1.49. The van der Waals surface area contributed by atoms with E-state index >= 15 is 0 Å². The highest BCUT2D eigenvalue weighted by Gasteiger charge is 2.12. The van der Waals surface area contributed by atoms with E-state index in [0.717, 1.165) is 16.3 Å². The van der Waals surface area contributed by atoms with Crippen molar-refractivity contribution in [1.82, 2.24) is 5.43 Å². The molecule has 0 radical (unpaired) electrons. The molecule has 3 aromatic rings. The fraction of sp³-hybridized carbons (Fsp3) is 0. The monoisotopic (exact) mass is 558 g/mol. The number of hydrogen-bond acceptors (Lipinski definition) is 4. The van der Waals surface area contributed by atoms with Crippen molar-refractivity contribution in [2.45, 2.75) is 0 Å². The lowest BCUT2D eigenvalue weighted by Gasteiger charge is -2.06. The molecule has 0 saturated heterocycles. The third-order valence-electron chi connectivity index (χ3n) is 3.53. The lowest BCUT2D eigenvalue weighted by atomic mass is 10.1. The van der Waals surface area contributed by atoms with Crippen LogP contribution in [0.3, 0.4) is 0 Å². The predicted molar refractivity (Wildman–Crippen MR) is 114 cm³/mol. The van der Waals surface area contributed by atoms with Gasteiger partial charge in [-0.05, 0) is 85.8 Å². The Morgan fingerprint density at radius 2 is 1.60 bits per heavy atom. The molecule has 25 heavy (non-hydrogen) atoms. The minimum absolute atomic E-state index is 0.0971. The first kappa shape index (κ1) is 17.9. The van der Waals surface area contributed by atoms with Crippen LogP contribution in [0.15, 0.2) is 53.6 Å². The maximum Gasteiger partial charge on any atom is 0.275 e. The van der Waals surface area contributed by atoms with Crippen molar-refractivity contribution in [1.29, 1.82) is 0 Å².